The van der Waals surface area contributed by atoms with Gasteiger partial charge in [-0.3, -0.25) is 0 Å². The van der Waals surface area contributed by atoms with Gasteiger partial charge in [-0.1, -0.05) is 75.1 Å². The molecule has 43 heavy (non-hydrogen) atoms. The summed E-state index contributed by atoms with van der Waals surface area (Å²) in [6, 6.07) is 22.5. The average Bonchev–Trinajstić information content (AvgIpc) is 3.43. The molecule has 6 rings (SSSR count). The molecule has 1 atom stereocenters. The van der Waals surface area contributed by atoms with Crippen molar-refractivity contribution in [3.05, 3.63) is 132 Å². The van der Waals surface area contributed by atoms with Gasteiger partial charge in [-0.2, -0.15) is 0 Å². The van der Waals surface area contributed by atoms with Gasteiger partial charge in [0.2, 0.25) is 0 Å². The van der Waals surface area contributed by atoms with E-state index in [1.807, 2.05) is 50.3 Å². The largest absolute Gasteiger partial charge is 0.497 e. The van der Waals surface area contributed by atoms with E-state index in [1.54, 1.807) is 21.3 Å². The van der Waals surface area contributed by atoms with Crippen molar-refractivity contribution < 1.29 is 18.9 Å². The SMILES string of the molecule is C=C/C=C1\CC(/C=C/C)c2c3c(c4cc(OC)ccc4c21)OC(c1ccc(OC)cc1)(c1ccc(OC)cc1)C=C3.CC. The van der Waals surface area contributed by atoms with Crippen LogP contribution in [-0.4, -0.2) is 21.3 Å². The summed E-state index contributed by atoms with van der Waals surface area (Å²) >= 11 is 0. The third-order valence-electron chi connectivity index (χ3n) is 8.21. The molecule has 0 saturated heterocycles. The normalized spacial score (nSPS) is 17.1. The monoisotopic (exact) mass is 572 g/mol. The lowest BCUT2D eigenvalue weighted by Gasteiger charge is -2.37. The second kappa shape index (κ2) is 12.7. The van der Waals surface area contributed by atoms with Gasteiger partial charge in [0, 0.05) is 28.0 Å². The number of hydrogen-bond acceptors (Lipinski definition) is 4. The molecule has 4 heteroatoms. The Morgan fingerprint density at radius 2 is 1.40 bits per heavy atom. The smallest absolute Gasteiger partial charge is 0.178 e. The van der Waals surface area contributed by atoms with Crippen LogP contribution in [0.2, 0.25) is 0 Å². The Hall–Kier alpha value is -4.70. The Morgan fingerprint density at radius 3 is 1.93 bits per heavy atom. The molecule has 0 spiro atoms. The summed E-state index contributed by atoms with van der Waals surface area (Å²) < 4.78 is 24.0. The molecule has 220 valence electrons. The molecule has 4 aromatic rings. The van der Waals surface area contributed by atoms with Gasteiger partial charge < -0.3 is 18.9 Å². The molecular weight excluding hydrogens is 532 g/mol. The predicted octanol–water partition coefficient (Wildman–Crippen LogP) is 9.87. The minimum atomic E-state index is -0.871. The summed E-state index contributed by atoms with van der Waals surface area (Å²) in [5.74, 6) is 3.46. The van der Waals surface area contributed by atoms with Gasteiger partial charge >= 0.3 is 0 Å². The highest BCUT2D eigenvalue weighted by molar-refractivity contribution is 6.05. The highest BCUT2D eigenvalue weighted by Crippen LogP contribution is 2.55. The first-order valence-corrected chi connectivity index (χ1v) is 14.9. The molecule has 0 N–H and O–H groups in total. The number of methoxy groups -OCH3 is 3. The average molecular weight is 573 g/mol. The summed E-state index contributed by atoms with van der Waals surface area (Å²) in [5.41, 5.74) is 6.07. The Balaban J connectivity index is 0.00000180. The number of benzene rings is 4. The molecule has 0 aromatic heterocycles. The van der Waals surface area contributed by atoms with Crippen molar-refractivity contribution in [1.82, 2.24) is 0 Å². The van der Waals surface area contributed by atoms with Crippen molar-refractivity contribution >= 4 is 22.4 Å². The lowest BCUT2D eigenvalue weighted by atomic mass is 9.81. The van der Waals surface area contributed by atoms with Crippen LogP contribution >= 0.6 is 0 Å². The van der Waals surface area contributed by atoms with Gasteiger partial charge in [0.1, 0.15) is 23.0 Å². The summed E-state index contributed by atoms with van der Waals surface area (Å²) in [5, 5.41) is 2.17. The maximum absolute atomic E-state index is 7.31. The van der Waals surface area contributed by atoms with E-state index in [1.165, 1.54) is 16.7 Å². The van der Waals surface area contributed by atoms with E-state index < -0.39 is 5.60 Å². The van der Waals surface area contributed by atoms with Gasteiger partial charge in [0.15, 0.2) is 5.60 Å². The van der Waals surface area contributed by atoms with Crippen LogP contribution in [0.1, 0.15) is 60.9 Å². The van der Waals surface area contributed by atoms with Crippen LogP contribution < -0.4 is 18.9 Å². The molecule has 1 unspecified atom stereocenters. The minimum absolute atomic E-state index is 0.240. The molecular formula is C39H40O4. The van der Waals surface area contributed by atoms with Crippen molar-refractivity contribution in [2.24, 2.45) is 0 Å². The number of hydrogen-bond donors (Lipinski definition) is 0. The lowest BCUT2D eigenvalue weighted by Crippen LogP contribution is -2.34. The topological polar surface area (TPSA) is 36.9 Å². The van der Waals surface area contributed by atoms with Gasteiger partial charge in [0.05, 0.1) is 21.3 Å². The highest BCUT2D eigenvalue weighted by Gasteiger charge is 2.41. The Morgan fingerprint density at radius 1 is 0.814 bits per heavy atom. The molecule has 4 aromatic carbocycles. The predicted molar refractivity (Wildman–Crippen MR) is 179 cm³/mol. The summed E-state index contributed by atoms with van der Waals surface area (Å²) in [4.78, 5) is 0. The maximum Gasteiger partial charge on any atom is 0.178 e. The maximum atomic E-state index is 7.31. The van der Waals surface area contributed by atoms with Crippen LogP contribution in [0.4, 0.5) is 0 Å². The fraction of sp³-hybridized carbons (Fsp3) is 0.231. The van der Waals surface area contributed by atoms with Crippen LogP contribution in [0.5, 0.6) is 23.0 Å². The van der Waals surface area contributed by atoms with Gasteiger partial charge in [-0.05, 0) is 84.0 Å². The van der Waals surface area contributed by atoms with E-state index >= 15 is 0 Å². The number of ether oxygens (including phenoxy) is 4. The molecule has 0 bridgehead atoms. The van der Waals surface area contributed by atoms with Crippen LogP contribution in [0.15, 0.2) is 104 Å². The lowest BCUT2D eigenvalue weighted by molar-refractivity contribution is 0.163. The van der Waals surface area contributed by atoms with Crippen LogP contribution in [0, 0.1) is 0 Å². The van der Waals surface area contributed by atoms with E-state index in [4.69, 9.17) is 18.9 Å². The first-order valence-electron chi connectivity index (χ1n) is 14.9. The third-order valence-corrected chi connectivity index (χ3v) is 8.21. The van der Waals surface area contributed by atoms with E-state index in [0.29, 0.717) is 0 Å². The Bertz CT molecular complexity index is 1660. The zero-order chi connectivity index (χ0) is 30.6. The first-order chi connectivity index (χ1) is 21.1. The van der Waals surface area contributed by atoms with Crippen molar-refractivity contribution in [1.29, 1.82) is 0 Å². The molecule has 4 nitrogen and oxygen atoms in total. The fourth-order valence-electron chi connectivity index (χ4n) is 6.29. The molecule has 1 aliphatic carbocycles. The van der Waals surface area contributed by atoms with Gasteiger partial charge in [-0.15, -0.1) is 0 Å². The van der Waals surface area contributed by atoms with Crippen LogP contribution in [0.3, 0.4) is 0 Å². The van der Waals surface area contributed by atoms with E-state index in [-0.39, 0.29) is 5.92 Å². The number of fused-ring (bicyclic) bond motifs is 6. The van der Waals surface area contributed by atoms with Gasteiger partial charge in [0.25, 0.3) is 0 Å². The molecule has 0 amide bonds. The van der Waals surface area contributed by atoms with Crippen LogP contribution in [0.25, 0.3) is 22.4 Å². The van der Waals surface area contributed by atoms with Crippen molar-refractivity contribution in [2.45, 2.75) is 38.7 Å². The van der Waals surface area contributed by atoms with Gasteiger partial charge in [-0.25, -0.2) is 0 Å². The molecule has 1 heterocycles. The van der Waals surface area contributed by atoms with Crippen molar-refractivity contribution in [2.75, 3.05) is 21.3 Å². The first kappa shape index (κ1) is 29.8. The zero-order valence-corrected chi connectivity index (χ0v) is 25.9. The number of rotatable bonds is 7. The second-order valence-electron chi connectivity index (χ2n) is 10.3. The van der Waals surface area contributed by atoms with Crippen molar-refractivity contribution in [3.8, 4) is 23.0 Å². The second-order valence-corrected chi connectivity index (χ2v) is 10.3. The minimum Gasteiger partial charge on any atom is -0.497 e. The summed E-state index contributed by atoms with van der Waals surface area (Å²) in [6.45, 7) is 10.1. The molecule has 0 saturated carbocycles. The van der Waals surface area contributed by atoms with Crippen molar-refractivity contribution in [3.63, 3.8) is 0 Å². The highest BCUT2D eigenvalue weighted by atomic mass is 16.5. The Labute approximate surface area is 255 Å². The van der Waals surface area contributed by atoms with Crippen LogP contribution in [-0.2, 0) is 5.60 Å². The molecule has 1 aliphatic heterocycles. The van der Waals surface area contributed by atoms with E-state index in [9.17, 15) is 0 Å². The fourth-order valence-corrected chi connectivity index (χ4v) is 6.29. The molecule has 0 fully saturated rings. The summed E-state index contributed by atoms with van der Waals surface area (Å²) in [6.07, 6.45) is 13.8. The molecule has 2 aliphatic rings. The Kier molecular flexibility index (Phi) is 8.77. The number of allylic oxidation sites excluding steroid dienone is 5. The zero-order valence-electron chi connectivity index (χ0n) is 25.9. The molecule has 0 radical (unpaired) electrons. The summed E-state index contributed by atoms with van der Waals surface area (Å²) in [7, 11) is 5.06. The standard InChI is InChI=1S/C37H34O4.C2H6/c1-6-8-24-22-25(9-7-2)35-32-20-21-37(26-10-14-28(38-3)15-11-26,27-12-16-29(39-4)17-13-27)41-36(32)33-23-30(40-5)18-19-31(33)34(24)35;1-2/h6-21,23,25H,1,22H2,2-5H3;1-2H3/b9-7+,24-8+;. The van der Waals surface area contributed by atoms with E-state index in [2.05, 4.69) is 80.3 Å². The quantitative estimate of drug-likeness (QED) is 0.207. The third kappa shape index (κ3) is 5.12. The van der Waals surface area contributed by atoms with E-state index in [0.717, 1.165) is 56.9 Å².